The maximum Gasteiger partial charge on any atom is 0.271 e. The Labute approximate surface area is 172 Å². The van der Waals surface area contributed by atoms with Crippen LogP contribution in [0.1, 0.15) is 53.6 Å². The predicted molar refractivity (Wildman–Crippen MR) is 114 cm³/mol. The first kappa shape index (κ1) is 21.2. The molecule has 0 radical (unpaired) electrons. The van der Waals surface area contributed by atoms with Crippen LogP contribution in [0.2, 0.25) is 0 Å². The highest BCUT2D eigenvalue weighted by Gasteiger charge is 2.20. The van der Waals surface area contributed by atoms with Crippen molar-refractivity contribution in [1.29, 1.82) is 0 Å². The lowest BCUT2D eigenvalue weighted by Crippen LogP contribution is -2.26. The third kappa shape index (κ3) is 5.52. The molecular formula is C22H27N3O3S. The van der Waals surface area contributed by atoms with Gasteiger partial charge in [0.2, 0.25) is 10.0 Å². The second kappa shape index (κ2) is 9.33. The van der Waals surface area contributed by atoms with E-state index in [4.69, 9.17) is 0 Å². The quantitative estimate of drug-likeness (QED) is 0.730. The number of hydrogen-bond donors (Lipinski definition) is 1. The molecule has 7 heteroatoms. The second-order valence-corrected chi connectivity index (χ2v) is 9.50. The van der Waals surface area contributed by atoms with Crippen LogP contribution in [0.5, 0.6) is 0 Å². The van der Waals surface area contributed by atoms with E-state index in [1.807, 2.05) is 6.92 Å². The summed E-state index contributed by atoms with van der Waals surface area (Å²) in [5.74, 6) is -0.254. The van der Waals surface area contributed by atoms with Gasteiger partial charge in [-0.1, -0.05) is 36.2 Å². The van der Waals surface area contributed by atoms with Gasteiger partial charge in [0, 0.05) is 24.9 Å². The van der Waals surface area contributed by atoms with Crippen LogP contribution in [0.25, 0.3) is 0 Å². The predicted octanol–water partition coefficient (Wildman–Crippen LogP) is 3.87. The van der Waals surface area contributed by atoms with Crippen LogP contribution in [-0.2, 0) is 16.6 Å². The van der Waals surface area contributed by atoms with Gasteiger partial charge in [0.25, 0.3) is 5.91 Å². The number of nitrogens with zero attached hydrogens (tertiary/aromatic N) is 2. The van der Waals surface area contributed by atoms with E-state index in [1.54, 1.807) is 55.6 Å². The molecular weight excluding hydrogens is 386 g/mol. The Bertz CT molecular complexity index is 973. The first-order valence-electron chi connectivity index (χ1n) is 9.84. The molecule has 29 heavy (non-hydrogen) atoms. The van der Waals surface area contributed by atoms with Crippen LogP contribution in [0.4, 0.5) is 0 Å². The van der Waals surface area contributed by atoms with Gasteiger partial charge in [-0.3, -0.25) is 4.79 Å². The minimum Gasteiger partial charge on any atom is -0.267 e. The summed E-state index contributed by atoms with van der Waals surface area (Å²) < 4.78 is 26.7. The number of hydrazone groups is 1. The molecule has 154 valence electrons. The SMILES string of the molecule is Cc1ccc(S(=O)(=O)N(C)Cc2ccc(C(=O)NN=C3CCCCC3)cc2)cc1. The molecule has 0 unspecified atom stereocenters. The lowest BCUT2D eigenvalue weighted by atomic mass is 9.99. The maximum atomic E-state index is 12.7. The zero-order valence-corrected chi connectivity index (χ0v) is 17.7. The number of carbonyl (C=O) groups excluding carboxylic acids is 1. The number of amides is 1. The zero-order chi connectivity index (χ0) is 20.9. The average molecular weight is 414 g/mol. The van der Waals surface area contributed by atoms with Gasteiger partial charge >= 0.3 is 0 Å². The van der Waals surface area contributed by atoms with E-state index in [2.05, 4.69) is 10.5 Å². The highest BCUT2D eigenvalue weighted by Crippen LogP contribution is 2.18. The van der Waals surface area contributed by atoms with Crippen molar-refractivity contribution in [1.82, 2.24) is 9.73 Å². The van der Waals surface area contributed by atoms with Crippen LogP contribution in [0, 0.1) is 6.92 Å². The smallest absolute Gasteiger partial charge is 0.267 e. The topological polar surface area (TPSA) is 78.8 Å². The molecule has 3 rings (SSSR count). The van der Waals surface area contributed by atoms with Crippen molar-refractivity contribution < 1.29 is 13.2 Å². The van der Waals surface area contributed by atoms with Crippen molar-refractivity contribution in [2.45, 2.75) is 50.5 Å². The largest absolute Gasteiger partial charge is 0.271 e. The minimum atomic E-state index is -3.57. The summed E-state index contributed by atoms with van der Waals surface area (Å²) in [6.07, 6.45) is 5.37. The maximum absolute atomic E-state index is 12.7. The van der Waals surface area contributed by atoms with E-state index < -0.39 is 10.0 Å². The van der Waals surface area contributed by atoms with Gasteiger partial charge in [-0.2, -0.15) is 9.41 Å². The Balaban J connectivity index is 1.62. The lowest BCUT2D eigenvalue weighted by Gasteiger charge is -2.17. The number of nitrogens with one attached hydrogen (secondary N) is 1. The molecule has 0 bridgehead atoms. The van der Waals surface area contributed by atoms with Crippen molar-refractivity contribution >= 4 is 21.6 Å². The molecule has 6 nitrogen and oxygen atoms in total. The molecule has 1 aliphatic rings. The Morgan fingerprint density at radius 2 is 1.62 bits per heavy atom. The number of hydrogen-bond acceptors (Lipinski definition) is 4. The van der Waals surface area contributed by atoms with E-state index in [0.29, 0.717) is 5.56 Å². The highest BCUT2D eigenvalue weighted by atomic mass is 32.2. The van der Waals surface area contributed by atoms with Gasteiger partial charge in [-0.15, -0.1) is 0 Å². The standard InChI is InChI=1S/C22H27N3O3S/c1-17-8-14-21(15-9-17)29(27,28)25(2)16-18-10-12-19(13-11-18)22(26)24-23-20-6-4-3-5-7-20/h8-15H,3-7,16H2,1-2H3,(H,24,26). The Hall–Kier alpha value is -2.51. The fourth-order valence-corrected chi connectivity index (χ4v) is 4.42. The van der Waals surface area contributed by atoms with Crippen LogP contribution in [-0.4, -0.2) is 31.4 Å². The molecule has 0 aromatic heterocycles. The van der Waals surface area contributed by atoms with Crippen molar-refractivity contribution in [3.63, 3.8) is 0 Å². The number of benzene rings is 2. The number of sulfonamides is 1. The van der Waals surface area contributed by atoms with Crippen LogP contribution in [0.3, 0.4) is 0 Å². The van der Waals surface area contributed by atoms with E-state index in [-0.39, 0.29) is 17.3 Å². The lowest BCUT2D eigenvalue weighted by molar-refractivity contribution is 0.0954. The third-order valence-electron chi connectivity index (χ3n) is 5.10. The Morgan fingerprint density at radius 3 is 2.24 bits per heavy atom. The average Bonchev–Trinajstić information content (AvgIpc) is 2.73. The molecule has 0 aliphatic heterocycles. The first-order valence-corrected chi connectivity index (χ1v) is 11.3. The summed E-state index contributed by atoms with van der Waals surface area (Å²) in [4.78, 5) is 12.5. The summed E-state index contributed by atoms with van der Waals surface area (Å²) in [7, 11) is -2.01. The molecule has 1 saturated carbocycles. The summed E-state index contributed by atoms with van der Waals surface area (Å²) in [6.45, 7) is 2.14. The third-order valence-corrected chi connectivity index (χ3v) is 6.91. The Kier molecular flexibility index (Phi) is 6.82. The number of rotatable bonds is 6. The number of carbonyl (C=O) groups is 1. The summed E-state index contributed by atoms with van der Waals surface area (Å²) in [6, 6.07) is 13.7. The molecule has 1 fully saturated rings. The minimum absolute atomic E-state index is 0.223. The summed E-state index contributed by atoms with van der Waals surface area (Å²) in [5, 5.41) is 4.23. The van der Waals surface area contributed by atoms with Gasteiger partial charge in [0.1, 0.15) is 0 Å². The monoisotopic (exact) mass is 413 g/mol. The first-order chi connectivity index (χ1) is 13.9. The van der Waals surface area contributed by atoms with Gasteiger partial charge < -0.3 is 0 Å². The number of aryl methyl sites for hydroxylation is 1. The fraction of sp³-hybridized carbons (Fsp3) is 0.364. The van der Waals surface area contributed by atoms with Crippen LogP contribution in [0.15, 0.2) is 58.5 Å². The van der Waals surface area contributed by atoms with Crippen molar-refractivity contribution in [2.24, 2.45) is 5.10 Å². The molecule has 2 aromatic carbocycles. The summed E-state index contributed by atoms with van der Waals surface area (Å²) in [5.41, 5.74) is 5.98. The van der Waals surface area contributed by atoms with Gasteiger partial charge in [0.05, 0.1) is 4.90 Å². The molecule has 0 spiro atoms. The van der Waals surface area contributed by atoms with Crippen LogP contribution >= 0.6 is 0 Å². The molecule has 1 aliphatic carbocycles. The zero-order valence-electron chi connectivity index (χ0n) is 16.9. The van der Waals surface area contributed by atoms with Gasteiger partial charge in [0.15, 0.2) is 0 Å². The van der Waals surface area contributed by atoms with Crippen LogP contribution < -0.4 is 5.43 Å². The summed E-state index contributed by atoms with van der Waals surface area (Å²) >= 11 is 0. The van der Waals surface area contributed by atoms with E-state index >= 15 is 0 Å². The fourth-order valence-electron chi connectivity index (χ4n) is 3.26. The van der Waals surface area contributed by atoms with Gasteiger partial charge in [-0.05, 0) is 62.4 Å². The van der Waals surface area contributed by atoms with E-state index in [1.165, 1.54) is 10.7 Å². The van der Waals surface area contributed by atoms with Gasteiger partial charge in [-0.25, -0.2) is 13.8 Å². The second-order valence-electron chi connectivity index (χ2n) is 7.45. The van der Waals surface area contributed by atoms with Crippen molar-refractivity contribution in [3.8, 4) is 0 Å². The van der Waals surface area contributed by atoms with Crippen molar-refractivity contribution in [3.05, 3.63) is 65.2 Å². The van der Waals surface area contributed by atoms with E-state index in [9.17, 15) is 13.2 Å². The Morgan fingerprint density at radius 1 is 1.00 bits per heavy atom. The van der Waals surface area contributed by atoms with E-state index in [0.717, 1.165) is 42.5 Å². The highest BCUT2D eigenvalue weighted by molar-refractivity contribution is 7.89. The molecule has 0 heterocycles. The molecule has 1 N–H and O–H groups in total. The molecule has 2 aromatic rings. The molecule has 0 saturated heterocycles. The molecule has 1 amide bonds. The molecule has 0 atom stereocenters. The normalized spacial score (nSPS) is 14.7. The van der Waals surface area contributed by atoms with Crippen molar-refractivity contribution in [2.75, 3.05) is 7.05 Å².